The highest BCUT2D eigenvalue weighted by atomic mass is 19.4. The Morgan fingerprint density at radius 3 is 2.43 bits per heavy atom. The van der Waals surface area contributed by atoms with Crippen LogP contribution in [0, 0.1) is 11.8 Å². The van der Waals surface area contributed by atoms with Crippen LogP contribution in [-0.2, 0) is 24.3 Å². The van der Waals surface area contributed by atoms with Crippen molar-refractivity contribution < 1.29 is 32.6 Å². The molecule has 0 radical (unpaired) electrons. The van der Waals surface area contributed by atoms with Crippen LogP contribution < -0.4 is 10.1 Å². The number of halogens is 3. The minimum absolute atomic E-state index is 0.234. The maximum Gasteiger partial charge on any atom is 0.490 e. The quantitative estimate of drug-likeness (QED) is 0.529. The van der Waals surface area contributed by atoms with Crippen LogP contribution in [0.15, 0.2) is 48.8 Å². The molecule has 5 rings (SSSR count). The van der Waals surface area contributed by atoms with Gasteiger partial charge in [-0.2, -0.15) is 13.2 Å². The van der Waals surface area contributed by atoms with Crippen LogP contribution in [-0.4, -0.2) is 68.0 Å². The van der Waals surface area contributed by atoms with Crippen molar-refractivity contribution in [2.75, 3.05) is 25.5 Å². The minimum Gasteiger partial charge on any atom is -0.497 e. The number of fused-ring (bicyclic) bond motifs is 2. The number of benzene rings is 1. The number of amides is 1. The fraction of sp³-hybridized carbons (Fsp3) is 0.375. The number of aliphatic carboxylic acids is 1. The fourth-order valence-corrected chi connectivity index (χ4v) is 4.53. The van der Waals surface area contributed by atoms with Gasteiger partial charge in [-0.15, -0.1) is 10.2 Å². The Balaban J connectivity index is 0.000000405. The largest absolute Gasteiger partial charge is 0.497 e. The smallest absolute Gasteiger partial charge is 0.490 e. The van der Waals surface area contributed by atoms with E-state index in [2.05, 4.69) is 31.5 Å². The fourth-order valence-electron chi connectivity index (χ4n) is 4.53. The molecule has 2 unspecified atom stereocenters. The lowest BCUT2D eigenvalue weighted by molar-refractivity contribution is -0.192. The van der Waals surface area contributed by atoms with Crippen molar-refractivity contribution >= 4 is 17.6 Å². The first-order valence-corrected chi connectivity index (χ1v) is 11.4. The number of likely N-dealkylation sites (tertiary alicyclic amines) is 1. The lowest BCUT2D eigenvalue weighted by Gasteiger charge is -2.25. The number of hydrogen-bond acceptors (Lipinski definition) is 7. The van der Waals surface area contributed by atoms with Crippen LogP contribution in [0.5, 0.6) is 5.75 Å². The van der Waals surface area contributed by atoms with E-state index in [-0.39, 0.29) is 5.91 Å². The Morgan fingerprint density at radius 2 is 1.81 bits per heavy atom. The van der Waals surface area contributed by atoms with Gasteiger partial charge < -0.3 is 19.7 Å². The summed E-state index contributed by atoms with van der Waals surface area (Å²) in [6, 6.07) is 11.4. The summed E-state index contributed by atoms with van der Waals surface area (Å²) in [6.07, 6.45) is -0.493. The van der Waals surface area contributed by atoms with Crippen molar-refractivity contribution in [3.63, 3.8) is 0 Å². The summed E-state index contributed by atoms with van der Waals surface area (Å²) < 4.78 is 38.9. The number of anilines is 1. The molecule has 2 N–H and O–H groups in total. The maximum atomic E-state index is 12.8. The van der Waals surface area contributed by atoms with Crippen molar-refractivity contribution in [1.29, 1.82) is 0 Å². The van der Waals surface area contributed by atoms with Crippen molar-refractivity contribution in [2.45, 2.75) is 25.7 Å². The number of carboxylic acid groups (broad SMARTS) is 1. The van der Waals surface area contributed by atoms with Gasteiger partial charge in [-0.05, 0) is 47.7 Å². The molecule has 3 aromatic rings. The van der Waals surface area contributed by atoms with Crippen LogP contribution in [0.4, 0.5) is 18.9 Å². The molecule has 1 amide bonds. The number of carbonyl (C=O) groups excluding carboxylic acids is 1. The van der Waals surface area contributed by atoms with Crippen LogP contribution in [0.3, 0.4) is 0 Å². The number of pyridine rings is 1. The zero-order valence-corrected chi connectivity index (χ0v) is 19.9. The second-order valence-electron chi connectivity index (χ2n) is 8.82. The number of carboxylic acids is 1. The molecule has 1 fully saturated rings. The summed E-state index contributed by atoms with van der Waals surface area (Å²) in [6.45, 7) is 3.74. The molecule has 196 valence electrons. The van der Waals surface area contributed by atoms with Crippen LogP contribution >= 0.6 is 0 Å². The molecule has 0 bridgehead atoms. The molecule has 0 aliphatic carbocycles. The van der Waals surface area contributed by atoms with E-state index in [9.17, 15) is 18.0 Å². The predicted molar refractivity (Wildman–Crippen MR) is 125 cm³/mol. The van der Waals surface area contributed by atoms with E-state index >= 15 is 0 Å². The van der Waals surface area contributed by atoms with Gasteiger partial charge in [0.05, 0.1) is 7.11 Å². The second-order valence-corrected chi connectivity index (χ2v) is 8.82. The lowest BCUT2D eigenvalue weighted by Crippen LogP contribution is -2.31. The van der Waals surface area contributed by atoms with Gasteiger partial charge in [-0.3, -0.25) is 14.7 Å². The summed E-state index contributed by atoms with van der Waals surface area (Å²) >= 11 is 0. The van der Waals surface area contributed by atoms with Crippen LogP contribution in [0.25, 0.3) is 0 Å². The first-order chi connectivity index (χ1) is 17.6. The summed E-state index contributed by atoms with van der Waals surface area (Å²) in [5, 5.41) is 18.6. The highest BCUT2D eigenvalue weighted by Gasteiger charge is 2.39. The molecule has 2 atom stereocenters. The Bertz CT molecular complexity index is 1230. The molecule has 0 saturated carbocycles. The number of alkyl halides is 3. The van der Waals surface area contributed by atoms with Crippen molar-refractivity contribution in [1.82, 2.24) is 24.6 Å². The Labute approximate surface area is 210 Å². The number of nitrogens with one attached hydrogen (secondary N) is 1. The van der Waals surface area contributed by atoms with Crippen molar-refractivity contribution in [3.05, 3.63) is 66.0 Å². The van der Waals surface area contributed by atoms with Gasteiger partial charge in [0.15, 0.2) is 0 Å². The third-order valence-corrected chi connectivity index (χ3v) is 6.26. The Kier molecular flexibility index (Phi) is 7.71. The number of nitrogens with zero attached hydrogens (tertiary/aromatic N) is 5. The summed E-state index contributed by atoms with van der Waals surface area (Å²) in [5.74, 6) is 0.0870. The Hall–Kier alpha value is -4.00. The third-order valence-electron chi connectivity index (χ3n) is 6.26. The molecular weight excluding hydrogens is 493 g/mol. The molecule has 2 aliphatic rings. The summed E-state index contributed by atoms with van der Waals surface area (Å²) in [5.41, 5.74) is 1.94. The van der Waals surface area contributed by atoms with Gasteiger partial charge in [0, 0.05) is 50.7 Å². The van der Waals surface area contributed by atoms with E-state index in [1.54, 1.807) is 13.3 Å². The van der Waals surface area contributed by atoms with Gasteiger partial charge in [-0.1, -0.05) is 6.07 Å². The van der Waals surface area contributed by atoms with E-state index in [0.29, 0.717) is 23.3 Å². The first-order valence-electron chi connectivity index (χ1n) is 11.4. The highest BCUT2D eigenvalue weighted by molar-refractivity contribution is 6.01. The topological polar surface area (TPSA) is 122 Å². The van der Waals surface area contributed by atoms with Gasteiger partial charge in [-0.25, -0.2) is 4.79 Å². The number of rotatable bonds is 5. The van der Waals surface area contributed by atoms with Gasteiger partial charge in [0.1, 0.15) is 11.6 Å². The summed E-state index contributed by atoms with van der Waals surface area (Å²) in [4.78, 5) is 28.4. The second kappa shape index (κ2) is 10.9. The normalized spacial score (nSPS) is 18.7. The van der Waals surface area contributed by atoms with Crippen LogP contribution in [0.1, 0.15) is 22.0 Å². The number of ether oxygens (including phenoxy) is 1. The van der Waals surface area contributed by atoms with E-state index in [1.165, 1.54) is 5.56 Å². The summed E-state index contributed by atoms with van der Waals surface area (Å²) in [7, 11) is 1.62. The number of carbonyl (C=O) groups is 2. The molecule has 0 spiro atoms. The first kappa shape index (κ1) is 26.1. The van der Waals surface area contributed by atoms with Gasteiger partial charge in [0.25, 0.3) is 5.91 Å². The van der Waals surface area contributed by atoms with E-state index in [4.69, 9.17) is 14.6 Å². The highest BCUT2D eigenvalue weighted by Crippen LogP contribution is 2.33. The Morgan fingerprint density at radius 1 is 1.11 bits per heavy atom. The predicted octanol–water partition coefficient (Wildman–Crippen LogP) is 2.87. The average Bonchev–Trinajstić information content (AvgIpc) is 3.46. The monoisotopic (exact) mass is 518 g/mol. The zero-order chi connectivity index (χ0) is 26.6. The van der Waals surface area contributed by atoms with E-state index in [0.717, 1.165) is 44.2 Å². The average molecular weight is 518 g/mol. The molecule has 10 nitrogen and oxygen atoms in total. The third kappa shape index (κ3) is 6.42. The van der Waals surface area contributed by atoms with Crippen molar-refractivity contribution in [2.24, 2.45) is 11.8 Å². The number of hydrogen-bond donors (Lipinski definition) is 2. The SMILES string of the molecule is COc1ccc(NC(=O)c2nnc3n2CC2CN(Cc4cccnc4)CC2C3)cc1.O=C(O)C(F)(F)F. The minimum atomic E-state index is -5.08. The lowest BCUT2D eigenvalue weighted by atomic mass is 9.89. The molecule has 37 heavy (non-hydrogen) atoms. The van der Waals surface area contributed by atoms with Crippen LogP contribution in [0.2, 0.25) is 0 Å². The van der Waals surface area contributed by atoms with E-state index < -0.39 is 12.1 Å². The molecule has 2 aromatic heterocycles. The standard InChI is InChI=1S/C22H24N6O2.C2HF3O2/c1-30-19-6-4-18(5-7-19)24-22(29)21-26-25-20-9-16-12-27(13-17(16)14-28(20)21)11-15-3-2-8-23-10-15;3-2(4,5)1(6)7/h2-8,10,16-17H,9,11-14H2,1H3,(H,24,29);(H,6,7). The van der Waals surface area contributed by atoms with Gasteiger partial charge >= 0.3 is 12.1 Å². The molecule has 1 saturated heterocycles. The number of methoxy groups -OCH3 is 1. The molecule has 2 aliphatic heterocycles. The van der Waals surface area contributed by atoms with E-state index in [1.807, 2.05) is 41.1 Å². The molecular formula is C24H25F3N6O4. The number of aromatic nitrogens is 4. The van der Waals surface area contributed by atoms with Gasteiger partial charge in [0.2, 0.25) is 5.82 Å². The zero-order valence-electron chi connectivity index (χ0n) is 19.9. The maximum absolute atomic E-state index is 12.8. The molecule has 1 aromatic carbocycles. The molecule has 13 heteroatoms. The van der Waals surface area contributed by atoms with Crippen molar-refractivity contribution in [3.8, 4) is 5.75 Å². The molecule has 4 heterocycles.